The van der Waals surface area contributed by atoms with Gasteiger partial charge in [0.25, 0.3) is 0 Å². The van der Waals surface area contributed by atoms with Crippen molar-refractivity contribution in [1.82, 2.24) is 24.8 Å². The molecule has 0 bridgehead atoms. The zero-order chi connectivity index (χ0) is 25.2. The maximum Gasteiger partial charge on any atom is 0.421 e. The van der Waals surface area contributed by atoms with Gasteiger partial charge in [-0.25, -0.2) is 19.7 Å². The Kier molecular flexibility index (Phi) is 7.15. The Labute approximate surface area is 200 Å². The van der Waals surface area contributed by atoms with Crippen LogP contribution in [0.4, 0.5) is 23.7 Å². The first-order chi connectivity index (χ1) is 16.7. The van der Waals surface area contributed by atoms with E-state index < -0.39 is 17.6 Å². The largest absolute Gasteiger partial charge is 0.481 e. The van der Waals surface area contributed by atoms with Crippen molar-refractivity contribution in [2.45, 2.75) is 31.7 Å². The maximum absolute atomic E-state index is 13.5. The molecule has 0 unspecified atom stereocenters. The van der Waals surface area contributed by atoms with Crippen molar-refractivity contribution in [1.29, 1.82) is 0 Å². The van der Waals surface area contributed by atoms with Gasteiger partial charge in [0, 0.05) is 39.5 Å². The van der Waals surface area contributed by atoms with Gasteiger partial charge in [-0.3, -0.25) is 0 Å². The zero-order valence-electron chi connectivity index (χ0n) is 19.5. The minimum absolute atomic E-state index is 0.117. The third-order valence-electron chi connectivity index (χ3n) is 6.12. The second kappa shape index (κ2) is 10.1. The minimum atomic E-state index is -4.60. The number of hydrogen-bond acceptors (Lipinski definition) is 8. The van der Waals surface area contributed by atoms with Gasteiger partial charge in [-0.15, -0.1) is 0 Å². The first-order valence-electron chi connectivity index (χ1n) is 11.2. The fourth-order valence-corrected chi connectivity index (χ4v) is 4.26. The average molecular weight is 496 g/mol. The number of anilines is 1. The molecule has 13 heteroatoms. The lowest BCUT2D eigenvalue weighted by molar-refractivity contribution is -0.139. The van der Waals surface area contributed by atoms with Gasteiger partial charge < -0.3 is 29.3 Å². The Balaban J connectivity index is 1.50. The molecule has 1 atom stereocenters. The van der Waals surface area contributed by atoms with Gasteiger partial charge >= 0.3 is 12.2 Å². The number of halogens is 3. The van der Waals surface area contributed by atoms with Crippen LogP contribution >= 0.6 is 0 Å². The monoisotopic (exact) mass is 496 g/mol. The highest BCUT2D eigenvalue weighted by Gasteiger charge is 2.37. The molecule has 190 valence electrons. The van der Waals surface area contributed by atoms with Crippen LogP contribution in [0.1, 0.15) is 23.2 Å². The molecule has 2 amide bonds. The number of likely N-dealkylation sites (tertiary alicyclic amines) is 1. The smallest absolute Gasteiger partial charge is 0.421 e. The van der Waals surface area contributed by atoms with Gasteiger partial charge in [-0.2, -0.15) is 13.2 Å². The van der Waals surface area contributed by atoms with Crippen molar-refractivity contribution in [3.8, 4) is 11.8 Å². The standard InChI is InChI=1S/C22H27F3N6O4/c1-29(7-8-32)21(33)31-5-3-15(11-31)35-19-16-12-30(6-4-18(16)27-13-28-19)14-9-17(22(23,24)25)20(34-2)26-10-14/h9-10,13,15,32H,3-8,11-12H2,1-2H3/t15-/m0/s1. The highest BCUT2D eigenvalue weighted by atomic mass is 19.4. The number of carbonyl (C=O) groups excluding carboxylic acids is 1. The van der Waals surface area contributed by atoms with Crippen LogP contribution in [0.5, 0.6) is 11.8 Å². The van der Waals surface area contributed by atoms with E-state index in [4.69, 9.17) is 14.6 Å². The second-order valence-electron chi connectivity index (χ2n) is 8.43. The van der Waals surface area contributed by atoms with E-state index in [0.717, 1.165) is 18.9 Å². The molecule has 1 fully saturated rings. The van der Waals surface area contributed by atoms with Crippen LogP contribution in [0.3, 0.4) is 0 Å². The third-order valence-corrected chi connectivity index (χ3v) is 6.12. The summed E-state index contributed by atoms with van der Waals surface area (Å²) in [7, 11) is 2.78. The summed E-state index contributed by atoms with van der Waals surface area (Å²) in [4.78, 5) is 29.8. The molecule has 1 saturated heterocycles. The van der Waals surface area contributed by atoms with Crippen LogP contribution in [0.25, 0.3) is 0 Å². The summed E-state index contributed by atoms with van der Waals surface area (Å²) in [5.41, 5.74) is 0.844. The molecule has 10 nitrogen and oxygen atoms in total. The molecule has 4 heterocycles. The Morgan fingerprint density at radius 2 is 2.06 bits per heavy atom. The molecule has 0 spiro atoms. The number of likely N-dealkylation sites (N-methyl/N-ethyl adjacent to an activating group) is 1. The van der Waals surface area contributed by atoms with E-state index in [1.165, 1.54) is 17.4 Å². The minimum Gasteiger partial charge on any atom is -0.481 e. The van der Waals surface area contributed by atoms with E-state index in [2.05, 4.69) is 15.0 Å². The quantitative estimate of drug-likeness (QED) is 0.648. The first-order valence-corrected chi connectivity index (χ1v) is 11.2. The van der Waals surface area contributed by atoms with Gasteiger partial charge in [0.2, 0.25) is 11.8 Å². The molecule has 35 heavy (non-hydrogen) atoms. The number of alkyl halides is 3. The fraction of sp³-hybridized carbons (Fsp3) is 0.545. The van der Waals surface area contributed by atoms with E-state index in [1.54, 1.807) is 16.8 Å². The lowest BCUT2D eigenvalue weighted by Crippen LogP contribution is -2.41. The number of urea groups is 1. The van der Waals surface area contributed by atoms with Crippen molar-refractivity contribution >= 4 is 11.7 Å². The van der Waals surface area contributed by atoms with E-state index in [1.807, 2.05) is 0 Å². The number of rotatable bonds is 6. The van der Waals surface area contributed by atoms with Crippen molar-refractivity contribution < 1.29 is 32.5 Å². The SMILES string of the molecule is COc1ncc(N2CCc3ncnc(O[C@H]4CCN(C(=O)N(C)CCO)C4)c3C2)cc1C(F)(F)F. The van der Waals surface area contributed by atoms with Crippen LogP contribution in [-0.4, -0.2) is 88.9 Å². The summed E-state index contributed by atoms with van der Waals surface area (Å²) < 4.78 is 51.3. The molecule has 2 aromatic rings. The molecule has 2 aromatic heterocycles. The Morgan fingerprint density at radius 1 is 1.26 bits per heavy atom. The predicted octanol–water partition coefficient (Wildman–Crippen LogP) is 1.96. The van der Waals surface area contributed by atoms with Crippen LogP contribution in [0.2, 0.25) is 0 Å². The summed E-state index contributed by atoms with van der Waals surface area (Å²) in [5.74, 6) is -0.115. The number of hydrogen-bond donors (Lipinski definition) is 1. The Morgan fingerprint density at radius 3 is 2.77 bits per heavy atom. The number of aromatic nitrogens is 3. The summed E-state index contributed by atoms with van der Waals surface area (Å²) >= 11 is 0. The number of carbonyl (C=O) groups is 1. The van der Waals surface area contributed by atoms with Crippen LogP contribution in [-0.2, 0) is 19.1 Å². The van der Waals surface area contributed by atoms with E-state index in [-0.39, 0.29) is 31.8 Å². The number of ether oxygens (including phenoxy) is 2. The van der Waals surface area contributed by atoms with Crippen molar-refractivity contribution in [2.75, 3.05) is 51.8 Å². The van der Waals surface area contributed by atoms with E-state index >= 15 is 0 Å². The molecular formula is C22H27F3N6O4. The van der Waals surface area contributed by atoms with Crippen molar-refractivity contribution in [3.63, 3.8) is 0 Å². The van der Waals surface area contributed by atoms with Crippen LogP contribution < -0.4 is 14.4 Å². The van der Waals surface area contributed by atoms with Crippen LogP contribution in [0.15, 0.2) is 18.6 Å². The van der Waals surface area contributed by atoms with Gasteiger partial charge in [0.05, 0.1) is 49.9 Å². The van der Waals surface area contributed by atoms with Crippen molar-refractivity contribution in [2.24, 2.45) is 0 Å². The number of aliphatic hydroxyl groups is 1. The highest BCUT2D eigenvalue weighted by molar-refractivity contribution is 5.74. The first kappa shape index (κ1) is 24.8. The number of fused-ring (bicyclic) bond motifs is 1. The lowest BCUT2D eigenvalue weighted by Gasteiger charge is -2.31. The maximum atomic E-state index is 13.5. The van der Waals surface area contributed by atoms with Gasteiger partial charge in [0.1, 0.15) is 18.0 Å². The summed E-state index contributed by atoms with van der Waals surface area (Å²) in [6, 6.07) is 0.846. The third kappa shape index (κ3) is 5.34. The molecular weight excluding hydrogens is 469 g/mol. The molecule has 2 aliphatic heterocycles. The van der Waals surface area contributed by atoms with Gasteiger partial charge in [-0.1, -0.05) is 0 Å². The van der Waals surface area contributed by atoms with Crippen molar-refractivity contribution in [3.05, 3.63) is 35.4 Å². The molecule has 2 aliphatic rings. The van der Waals surface area contributed by atoms with E-state index in [9.17, 15) is 18.0 Å². The number of methoxy groups -OCH3 is 1. The van der Waals surface area contributed by atoms with Gasteiger partial charge in [0.15, 0.2) is 0 Å². The van der Waals surface area contributed by atoms with E-state index in [0.29, 0.717) is 49.6 Å². The normalized spacial score (nSPS) is 17.8. The number of amides is 2. The zero-order valence-corrected chi connectivity index (χ0v) is 19.5. The Hall–Kier alpha value is -3.35. The molecule has 0 radical (unpaired) electrons. The topological polar surface area (TPSA) is 104 Å². The highest BCUT2D eigenvalue weighted by Crippen LogP contribution is 2.38. The predicted molar refractivity (Wildman–Crippen MR) is 118 cm³/mol. The van der Waals surface area contributed by atoms with Gasteiger partial charge in [-0.05, 0) is 6.07 Å². The van der Waals surface area contributed by atoms with Crippen LogP contribution in [0, 0.1) is 0 Å². The molecule has 4 rings (SSSR count). The molecule has 0 saturated carbocycles. The fourth-order valence-electron chi connectivity index (χ4n) is 4.26. The summed E-state index contributed by atoms with van der Waals surface area (Å²) in [6.45, 7) is 1.72. The average Bonchev–Trinajstić information content (AvgIpc) is 3.31. The summed E-state index contributed by atoms with van der Waals surface area (Å²) in [5, 5.41) is 9.05. The molecule has 0 aromatic carbocycles. The lowest BCUT2D eigenvalue weighted by atomic mass is 10.1. The molecule has 1 N–H and O–H groups in total. The second-order valence-corrected chi connectivity index (χ2v) is 8.43. The molecule has 0 aliphatic carbocycles. The Bertz CT molecular complexity index is 1070. The number of pyridine rings is 1. The number of aliphatic hydroxyl groups excluding tert-OH is 1. The number of nitrogens with zero attached hydrogens (tertiary/aromatic N) is 6. The summed E-state index contributed by atoms with van der Waals surface area (Å²) in [6.07, 6.45) is -1.01.